The number of nitriles is 1. The van der Waals surface area contributed by atoms with Gasteiger partial charge in [0.2, 0.25) is 0 Å². The Labute approximate surface area is 99.4 Å². The maximum absolute atomic E-state index is 10.7. The predicted molar refractivity (Wildman–Crippen MR) is 64.6 cm³/mol. The minimum atomic E-state index is -1.19. The largest absolute Gasteiger partial charge is 0.477 e. The van der Waals surface area contributed by atoms with Crippen molar-refractivity contribution in [1.82, 2.24) is 0 Å². The van der Waals surface area contributed by atoms with E-state index in [9.17, 15) is 4.79 Å². The normalized spacial score (nSPS) is 14.4. The molecule has 4 heteroatoms. The van der Waals surface area contributed by atoms with Crippen LogP contribution in [0.2, 0.25) is 0 Å². The highest BCUT2D eigenvalue weighted by Gasteiger charge is 2.15. The number of nitrogens with zero attached hydrogens (tertiary/aromatic N) is 2. The molecule has 2 rings (SSSR count). The van der Waals surface area contributed by atoms with Gasteiger partial charge in [-0.15, -0.1) is 0 Å². The van der Waals surface area contributed by atoms with Crippen molar-refractivity contribution in [1.29, 1.82) is 5.26 Å². The van der Waals surface area contributed by atoms with E-state index >= 15 is 0 Å². The second-order valence-corrected chi connectivity index (χ2v) is 4.03. The first-order chi connectivity index (χ1) is 8.11. The number of hydrogen-bond acceptors (Lipinski definition) is 3. The summed E-state index contributed by atoms with van der Waals surface area (Å²) in [5.74, 6) is -1.19. The maximum Gasteiger partial charge on any atom is 0.346 e. The van der Waals surface area contributed by atoms with Crippen molar-refractivity contribution in [3.8, 4) is 6.07 Å². The first-order valence-electron chi connectivity index (χ1n) is 5.31. The molecule has 0 spiro atoms. The molecule has 0 radical (unpaired) electrons. The number of benzene rings is 1. The average Bonchev–Trinajstić information content (AvgIpc) is 2.67. The van der Waals surface area contributed by atoms with Gasteiger partial charge in [-0.3, -0.25) is 0 Å². The van der Waals surface area contributed by atoms with E-state index in [4.69, 9.17) is 10.4 Å². The van der Waals surface area contributed by atoms with Crippen LogP contribution in [0.15, 0.2) is 23.8 Å². The van der Waals surface area contributed by atoms with Gasteiger partial charge in [0.1, 0.15) is 11.6 Å². The fraction of sp³-hybridized carbons (Fsp3) is 0.231. The topological polar surface area (TPSA) is 64.3 Å². The maximum atomic E-state index is 10.7. The molecule has 0 amide bonds. The molecule has 0 saturated heterocycles. The Kier molecular flexibility index (Phi) is 2.84. The highest BCUT2D eigenvalue weighted by molar-refractivity contribution is 5.96. The number of fused-ring (bicyclic) bond motifs is 1. The summed E-state index contributed by atoms with van der Waals surface area (Å²) in [6, 6.07) is 7.42. The van der Waals surface area contributed by atoms with E-state index in [1.807, 2.05) is 25.2 Å². The number of likely N-dealkylation sites (N-methyl/N-ethyl adjacent to an activating group) is 1. The van der Waals surface area contributed by atoms with Gasteiger partial charge in [-0.05, 0) is 35.8 Å². The van der Waals surface area contributed by atoms with Crippen molar-refractivity contribution < 1.29 is 9.90 Å². The zero-order valence-corrected chi connectivity index (χ0v) is 9.47. The van der Waals surface area contributed by atoms with E-state index in [1.54, 1.807) is 6.07 Å². The third-order valence-corrected chi connectivity index (χ3v) is 2.89. The van der Waals surface area contributed by atoms with Gasteiger partial charge in [0.15, 0.2) is 0 Å². The molecule has 86 valence electrons. The number of carbonyl (C=O) groups is 1. The summed E-state index contributed by atoms with van der Waals surface area (Å²) >= 11 is 0. The van der Waals surface area contributed by atoms with Crippen LogP contribution in [0.25, 0.3) is 6.08 Å². The summed E-state index contributed by atoms with van der Waals surface area (Å²) < 4.78 is 0. The molecule has 17 heavy (non-hydrogen) atoms. The minimum Gasteiger partial charge on any atom is -0.477 e. The standard InChI is InChI=1S/C13H12N2O2/c1-15-5-4-10-6-9(2-3-12(10)15)7-11(8-14)13(16)17/h2-3,6-7H,4-5H2,1H3,(H,16,17). The molecule has 1 aromatic rings. The summed E-state index contributed by atoms with van der Waals surface area (Å²) in [5, 5.41) is 17.5. The minimum absolute atomic E-state index is 0.240. The molecular formula is C13H12N2O2. The SMILES string of the molecule is CN1CCc2cc(C=C(C#N)C(=O)O)ccc21. The van der Waals surface area contributed by atoms with Crippen LogP contribution in [0.5, 0.6) is 0 Å². The molecule has 4 nitrogen and oxygen atoms in total. The molecule has 0 unspecified atom stereocenters. The van der Waals surface area contributed by atoms with Crippen LogP contribution in [0, 0.1) is 11.3 Å². The number of carboxylic acids is 1. The van der Waals surface area contributed by atoms with Gasteiger partial charge in [0, 0.05) is 19.3 Å². The van der Waals surface area contributed by atoms with Gasteiger partial charge >= 0.3 is 5.97 Å². The lowest BCUT2D eigenvalue weighted by atomic mass is 10.1. The van der Waals surface area contributed by atoms with Gasteiger partial charge < -0.3 is 10.0 Å². The highest BCUT2D eigenvalue weighted by atomic mass is 16.4. The van der Waals surface area contributed by atoms with Crippen molar-refractivity contribution in [2.45, 2.75) is 6.42 Å². The third kappa shape index (κ3) is 2.13. The Morgan fingerprint density at radius 1 is 1.59 bits per heavy atom. The molecule has 0 saturated carbocycles. The monoisotopic (exact) mass is 228 g/mol. The molecule has 0 aliphatic carbocycles. The Morgan fingerprint density at radius 3 is 3.00 bits per heavy atom. The van der Waals surface area contributed by atoms with Crippen molar-refractivity contribution in [3.63, 3.8) is 0 Å². The smallest absolute Gasteiger partial charge is 0.346 e. The van der Waals surface area contributed by atoms with Gasteiger partial charge in [-0.25, -0.2) is 4.79 Å². The van der Waals surface area contributed by atoms with Crippen LogP contribution in [0.4, 0.5) is 5.69 Å². The zero-order chi connectivity index (χ0) is 12.4. The molecule has 1 aliphatic rings. The molecule has 1 aromatic carbocycles. The van der Waals surface area contributed by atoms with Crippen LogP contribution < -0.4 is 4.90 Å². The second-order valence-electron chi connectivity index (χ2n) is 4.03. The first kappa shape index (κ1) is 11.2. The lowest BCUT2D eigenvalue weighted by molar-refractivity contribution is -0.132. The average molecular weight is 228 g/mol. The van der Waals surface area contributed by atoms with Crippen molar-refractivity contribution in [2.75, 3.05) is 18.5 Å². The summed E-state index contributed by atoms with van der Waals surface area (Å²) in [5.41, 5.74) is 2.90. The molecule has 1 aliphatic heterocycles. The van der Waals surface area contributed by atoms with E-state index in [0.29, 0.717) is 0 Å². The second kappa shape index (κ2) is 4.30. The number of carboxylic acid groups (broad SMARTS) is 1. The molecule has 1 heterocycles. The van der Waals surface area contributed by atoms with Crippen LogP contribution in [-0.2, 0) is 11.2 Å². The molecule has 0 atom stereocenters. The number of aliphatic carboxylic acids is 1. The fourth-order valence-electron chi connectivity index (χ4n) is 1.98. The predicted octanol–water partition coefficient (Wildman–Crippen LogP) is 1.67. The van der Waals surface area contributed by atoms with Gasteiger partial charge in [-0.1, -0.05) is 6.07 Å². The molecule has 0 bridgehead atoms. The van der Waals surface area contributed by atoms with Crippen LogP contribution in [0.3, 0.4) is 0 Å². The zero-order valence-electron chi connectivity index (χ0n) is 9.47. The summed E-state index contributed by atoms with van der Waals surface area (Å²) in [6.07, 6.45) is 2.36. The van der Waals surface area contributed by atoms with E-state index < -0.39 is 5.97 Å². The Balaban J connectivity index is 2.37. The van der Waals surface area contributed by atoms with Gasteiger partial charge in [0.05, 0.1) is 0 Å². The van der Waals surface area contributed by atoms with Gasteiger partial charge in [-0.2, -0.15) is 5.26 Å². The summed E-state index contributed by atoms with van der Waals surface area (Å²) in [6.45, 7) is 0.979. The molecule has 1 N–H and O–H groups in total. The number of anilines is 1. The highest BCUT2D eigenvalue weighted by Crippen LogP contribution is 2.27. The Hall–Kier alpha value is -2.28. The summed E-state index contributed by atoms with van der Waals surface area (Å²) in [7, 11) is 2.03. The molecule has 0 aromatic heterocycles. The van der Waals surface area contributed by atoms with E-state index in [-0.39, 0.29) is 5.57 Å². The van der Waals surface area contributed by atoms with Crippen molar-refractivity contribution >= 4 is 17.7 Å². The molecular weight excluding hydrogens is 216 g/mol. The van der Waals surface area contributed by atoms with Crippen LogP contribution >= 0.6 is 0 Å². The first-order valence-corrected chi connectivity index (χ1v) is 5.31. The van der Waals surface area contributed by atoms with Gasteiger partial charge in [0.25, 0.3) is 0 Å². The fourth-order valence-corrected chi connectivity index (χ4v) is 1.98. The van der Waals surface area contributed by atoms with Crippen molar-refractivity contribution in [3.05, 3.63) is 34.9 Å². The van der Waals surface area contributed by atoms with Crippen LogP contribution in [-0.4, -0.2) is 24.7 Å². The Bertz CT molecular complexity index is 541. The Morgan fingerprint density at radius 2 is 2.35 bits per heavy atom. The lowest BCUT2D eigenvalue weighted by Gasteiger charge is -2.11. The van der Waals surface area contributed by atoms with E-state index in [2.05, 4.69) is 4.90 Å². The summed E-state index contributed by atoms with van der Waals surface area (Å²) in [4.78, 5) is 12.9. The third-order valence-electron chi connectivity index (χ3n) is 2.89. The van der Waals surface area contributed by atoms with Crippen LogP contribution in [0.1, 0.15) is 11.1 Å². The molecule has 0 fully saturated rings. The quantitative estimate of drug-likeness (QED) is 0.617. The van der Waals surface area contributed by atoms with E-state index in [0.717, 1.165) is 18.5 Å². The number of hydrogen-bond donors (Lipinski definition) is 1. The number of rotatable bonds is 2. The van der Waals surface area contributed by atoms with Crippen molar-refractivity contribution in [2.24, 2.45) is 0 Å². The van der Waals surface area contributed by atoms with E-state index in [1.165, 1.54) is 17.3 Å². The lowest BCUT2D eigenvalue weighted by Crippen LogP contribution is -2.12.